The molecule has 0 unspecified atom stereocenters. The van der Waals surface area contributed by atoms with Gasteiger partial charge >= 0.3 is 0 Å². The molecule has 0 N–H and O–H groups in total. The fourth-order valence-corrected chi connectivity index (χ4v) is 2.23. The standard InChI is InChI=1S/C19H16N2O/c1-21-14-18(13-20-21)19(22)12-9-15-7-10-17(11-8-15)16-5-3-2-4-6-16/h2-14H,1H3/b12-9+. The van der Waals surface area contributed by atoms with Crippen molar-refractivity contribution in [3.8, 4) is 11.1 Å². The molecule has 0 saturated heterocycles. The van der Waals surface area contributed by atoms with Gasteiger partial charge in [-0.05, 0) is 22.8 Å². The Hall–Kier alpha value is -2.94. The summed E-state index contributed by atoms with van der Waals surface area (Å²) in [6.45, 7) is 0. The minimum atomic E-state index is -0.0414. The van der Waals surface area contributed by atoms with Crippen molar-refractivity contribution >= 4 is 11.9 Å². The number of hydrogen-bond acceptors (Lipinski definition) is 2. The number of carbonyl (C=O) groups excluding carboxylic acids is 1. The second kappa shape index (κ2) is 6.22. The predicted octanol–water partition coefficient (Wildman–Crippen LogP) is 3.98. The minimum absolute atomic E-state index is 0.0414. The Morgan fingerprint density at radius 1 is 1.00 bits per heavy atom. The van der Waals surface area contributed by atoms with Gasteiger partial charge in [0.05, 0.1) is 11.8 Å². The second-order valence-corrected chi connectivity index (χ2v) is 5.09. The van der Waals surface area contributed by atoms with Gasteiger partial charge < -0.3 is 0 Å². The third-order valence-electron chi connectivity index (χ3n) is 3.43. The van der Waals surface area contributed by atoms with E-state index in [1.54, 1.807) is 30.2 Å². The van der Waals surface area contributed by atoms with E-state index in [9.17, 15) is 4.79 Å². The van der Waals surface area contributed by atoms with Crippen molar-refractivity contribution in [3.63, 3.8) is 0 Å². The van der Waals surface area contributed by atoms with Crippen molar-refractivity contribution < 1.29 is 4.79 Å². The van der Waals surface area contributed by atoms with Crippen LogP contribution in [0.15, 0.2) is 73.1 Å². The molecular formula is C19H16N2O. The van der Waals surface area contributed by atoms with E-state index in [4.69, 9.17) is 0 Å². The highest BCUT2D eigenvalue weighted by atomic mass is 16.1. The van der Waals surface area contributed by atoms with Crippen LogP contribution >= 0.6 is 0 Å². The quantitative estimate of drug-likeness (QED) is 0.537. The summed E-state index contributed by atoms with van der Waals surface area (Å²) in [5.74, 6) is -0.0414. The van der Waals surface area contributed by atoms with Crippen molar-refractivity contribution in [2.24, 2.45) is 7.05 Å². The van der Waals surface area contributed by atoms with Crippen LogP contribution in [0.5, 0.6) is 0 Å². The van der Waals surface area contributed by atoms with Crippen molar-refractivity contribution in [1.82, 2.24) is 9.78 Å². The van der Waals surface area contributed by atoms with Gasteiger partial charge in [-0.15, -0.1) is 0 Å². The molecule has 0 saturated carbocycles. The number of hydrogen-bond donors (Lipinski definition) is 0. The number of rotatable bonds is 4. The van der Waals surface area contributed by atoms with E-state index < -0.39 is 0 Å². The highest BCUT2D eigenvalue weighted by Gasteiger charge is 2.03. The number of nitrogens with zero attached hydrogens (tertiary/aromatic N) is 2. The molecule has 0 atom stereocenters. The topological polar surface area (TPSA) is 34.9 Å². The van der Waals surface area contributed by atoms with Gasteiger partial charge in [0.2, 0.25) is 0 Å². The molecule has 0 aliphatic heterocycles. The zero-order valence-electron chi connectivity index (χ0n) is 12.3. The summed E-state index contributed by atoms with van der Waals surface area (Å²) in [6, 6.07) is 18.3. The molecule has 0 bridgehead atoms. The van der Waals surface area contributed by atoms with Crippen LogP contribution in [0.1, 0.15) is 15.9 Å². The van der Waals surface area contributed by atoms with Crippen molar-refractivity contribution in [2.75, 3.05) is 0 Å². The van der Waals surface area contributed by atoms with Gasteiger partial charge in [-0.2, -0.15) is 5.10 Å². The smallest absolute Gasteiger partial charge is 0.189 e. The molecule has 0 aliphatic carbocycles. The minimum Gasteiger partial charge on any atom is -0.289 e. The molecule has 108 valence electrons. The first-order valence-electron chi connectivity index (χ1n) is 7.09. The summed E-state index contributed by atoms with van der Waals surface area (Å²) < 4.78 is 1.62. The third-order valence-corrected chi connectivity index (χ3v) is 3.43. The first-order valence-corrected chi connectivity index (χ1v) is 7.09. The molecule has 3 nitrogen and oxygen atoms in total. The van der Waals surface area contributed by atoms with Gasteiger partial charge in [-0.3, -0.25) is 9.48 Å². The van der Waals surface area contributed by atoms with Crippen molar-refractivity contribution in [3.05, 3.63) is 84.2 Å². The molecule has 0 aliphatic rings. The van der Waals surface area contributed by atoms with Crippen LogP contribution in [0.25, 0.3) is 17.2 Å². The maximum absolute atomic E-state index is 12.0. The van der Waals surface area contributed by atoms with Gasteiger partial charge in [0.15, 0.2) is 5.78 Å². The molecule has 0 fully saturated rings. The Morgan fingerprint density at radius 3 is 2.32 bits per heavy atom. The lowest BCUT2D eigenvalue weighted by Crippen LogP contribution is -1.91. The normalized spacial score (nSPS) is 11.0. The van der Waals surface area contributed by atoms with E-state index in [2.05, 4.69) is 29.4 Å². The zero-order valence-corrected chi connectivity index (χ0v) is 12.3. The third kappa shape index (κ3) is 3.20. The van der Waals surface area contributed by atoms with Crippen LogP contribution in [0.2, 0.25) is 0 Å². The second-order valence-electron chi connectivity index (χ2n) is 5.09. The van der Waals surface area contributed by atoms with Crippen LogP contribution in [-0.4, -0.2) is 15.6 Å². The number of allylic oxidation sites excluding steroid dienone is 1. The largest absolute Gasteiger partial charge is 0.289 e. The average molecular weight is 288 g/mol. The molecular weight excluding hydrogens is 272 g/mol. The van der Waals surface area contributed by atoms with Crippen LogP contribution in [-0.2, 0) is 7.05 Å². The Kier molecular flexibility index (Phi) is 3.97. The SMILES string of the molecule is Cn1cc(C(=O)/C=C/c2ccc(-c3ccccc3)cc2)cn1. The lowest BCUT2D eigenvalue weighted by atomic mass is 10.0. The van der Waals surface area contributed by atoms with Gasteiger partial charge in [-0.1, -0.05) is 60.7 Å². The fourth-order valence-electron chi connectivity index (χ4n) is 2.23. The van der Waals surface area contributed by atoms with E-state index in [1.807, 2.05) is 36.4 Å². The number of ketones is 1. The van der Waals surface area contributed by atoms with E-state index in [1.165, 1.54) is 5.56 Å². The van der Waals surface area contributed by atoms with E-state index in [0.717, 1.165) is 11.1 Å². The van der Waals surface area contributed by atoms with Gasteiger partial charge in [-0.25, -0.2) is 0 Å². The van der Waals surface area contributed by atoms with E-state index >= 15 is 0 Å². The molecule has 3 heteroatoms. The number of aromatic nitrogens is 2. The molecule has 0 radical (unpaired) electrons. The molecule has 3 rings (SSSR count). The molecule has 22 heavy (non-hydrogen) atoms. The molecule has 2 aromatic carbocycles. The number of benzene rings is 2. The molecule has 1 aromatic heterocycles. The molecule has 0 spiro atoms. The van der Waals surface area contributed by atoms with E-state index in [-0.39, 0.29) is 5.78 Å². The highest BCUT2D eigenvalue weighted by molar-refractivity contribution is 6.06. The maximum atomic E-state index is 12.0. The first-order chi connectivity index (χ1) is 10.7. The number of carbonyl (C=O) groups is 1. The van der Waals surface area contributed by atoms with Crippen LogP contribution < -0.4 is 0 Å². The van der Waals surface area contributed by atoms with Crippen LogP contribution in [0, 0.1) is 0 Å². The Morgan fingerprint density at radius 2 is 1.68 bits per heavy atom. The van der Waals surface area contributed by atoms with Crippen molar-refractivity contribution in [1.29, 1.82) is 0 Å². The van der Waals surface area contributed by atoms with Gasteiger partial charge in [0.1, 0.15) is 0 Å². The van der Waals surface area contributed by atoms with Gasteiger partial charge in [0, 0.05) is 13.2 Å². The lowest BCUT2D eigenvalue weighted by molar-refractivity contribution is 0.104. The summed E-state index contributed by atoms with van der Waals surface area (Å²) in [6.07, 6.45) is 6.69. The first kappa shape index (κ1) is 14.0. The van der Waals surface area contributed by atoms with Crippen LogP contribution in [0.3, 0.4) is 0 Å². The fraction of sp³-hybridized carbons (Fsp3) is 0.0526. The summed E-state index contributed by atoms with van der Waals surface area (Å²) >= 11 is 0. The summed E-state index contributed by atoms with van der Waals surface area (Å²) in [7, 11) is 1.79. The molecule has 0 amide bonds. The monoisotopic (exact) mass is 288 g/mol. The average Bonchev–Trinajstić information content (AvgIpc) is 3.00. The Labute approximate surface area is 129 Å². The highest BCUT2D eigenvalue weighted by Crippen LogP contribution is 2.19. The zero-order chi connectivity index (χ0) is 15.4. The summed E-state index contributed by atoms with van der Waals surface area (Å²) in [5, 5.41) is 4.00. The van der Waals surface area contributed by atoms with Gasteiger partial charge in [0.25, 0.3) is 0 Å². The lowest BCUT2D eigenvalue weighted by Gasteiger charge is -2.01. The Bertz CT molecular complexity index is 799. The number of aryl methyl sites for hydroxylation is 1. The maximum Gasteiger partial charge on any atom is 0.189 e. The summed E-state index contributed by atoms with van der Waals surface area (Å²) in [5.41, 5.74) is 3.94. The van der Waals surface area contributed by atoms with Crippen molar-refractivity contribution in [2.45, 2.75) is 0 Å². The predicted molar refractivity (Wildman–Crippen MR) is 88.5 cm³/mol. The van der Waals surface area contributed by atoms with E-state index in [0.29, 0.717) is 5.56 Å². The summed E-state index contributed by atoms with van der Waals surface area (Å²) in [4.78, 5) is 12.0. The molecule has 1 heterocycles. The Balaban J connectivity index is 1.73. The van der Waals surface area contributed by atoms with Crippen LogP contribution in [0.4, 0.5) is 0 Å². The molecule has 3 aromatic rings.